The van der Waals surface area contributed by atoms with Crippen molar-refractivity contribution in [3.8, 4) is 45.8 Å². The molecule has 0 N–H and O–H groups in total. The summed E-state index contributed by atoms with van der Waals surface area (Å²) < 4.78 is 4.73. The van der Waals surface area contributed by atoms with Crippen LogP contribution in [0.5, 0.6) is 0 Å². The average molecular weight is 613 g/mol. The summed E-state index contributed by atoms with van der Waals surface area (Å²) in [7, 11) is 0. The van der Waals surface area contributed by atoms with Crippen LogP contribution in [0.25, 0.3) is 77.2 Å². The number of nitriles is 2. The van der Waals surface area contributed by atoms with Crippen molar-refractivity contribution in [1.82, 2.24) is 19.1 Å². The van der Waals surface area contributed by atoms with Gasteiger partial charge in [0.05, 0.1) is 27.8 Å². The number of hydrogen-bond donors (Lipinski definition) is 0. The maximum atomic E-state index is 9.47. The molecule has 222 valence electrons. The summed E-state index contributed by atoms with van der Waals surface area (Å²) >= 11 is 0. The quantitative estimate of drug-likeness (QED) is 0.198. The van der Waals surface area contributed by atoms with Gasteiger partial charge in [-0.15, -0.1) is 0 Å². The summed E-state index contributed by atoms with van der Waals surface area (Å²) in [5.74, 6) is 0. The van der Waals surface area contributed by atoms with Crippen molar-refractivity contribution < 1.29 is 0 Å². The number of aromatic nitrogens is 4. The molecular weight excluding hydrogens is 589 g/mol. The first-order chi connectivity index (χ1) is 23.7. The molecule has 0 atom stereocenters. The number of rotatable bonds is 4. The Labute approximate surface area is 275 Å². The van der Waals surface area contributed by atoms with Gasteiger partial charge in [0.1, 0.15) is 23.5 Å². The zero-order chi connectivity index (χ0) is 32.2. The largest absolute Gasteiger partial charge is 0.309 e. The van der Waals surface area contributed by atoms with Crippen LogP contribution in [0.2, 0.25) is 0 Å². The summed E-state index contributed by atoms with van der Waals surface area (Å²) in [6.45, 7) is 0. The van der Waals surface area contributed by atoms with Crippen molar-refractivity contribution >= 4 is 43.6 Å². The average Bonchev–Trinajstić information content (AvgIpc) is 3.68. The Hall–Kier alpha value is -7.02. The Bertz CT molecular complexity index is 2700. The van der Waals surface area contributed by atoms with E-state index in [0.717, 1.165) is 66.5 Å². The molecule has 4 aromatic heterocycles. The molecule has 9 rings (SSSR count). The van der Waals surface area contributed by atoms with Crippen LogP contribution in [0.15, 0.2) is 146 Å². The van der Waals surface area contributed by atoms with Gasteiger partial charge in [0.2, 0.25) is 0 Å². The fraction of sp³-hybridized carbons (Fsp3) is 0. The Morgan fingerprint density at radius 3 is 1.65 bits per heavy atom. The maximum absolute atomic E-state index is 9.47. The Morgan fingerprint density at radius 1 is 0.458 bits per heavy atom. The van der Waals surface area contributed by atoms with Gasteiger partial charge in [0.15, 0.2) is 0 Å². The Morgan fingerprint density at radius 2 is 1.04 bits per heavy atom. The molecule has 0 aliphatic carbocycles. The van der Waals surface area contributed by atoms with E-state index in [1.165, 1.54) is 10.8 Å². The predicted octanol–water partition coefficient (Wildman–Crippen LogP) is 9.75. The normalized spacial score (nSPS) is 11.3. The zero-order valence-electron chi connectivity index (χ0n) is 25.5. The molecule has 0 saturated heterocycles. The Balaban J connectivity index is 1.47. The van der Waals surface area contributed by atoms with Crippen molar-refractivity contribution in [3.05, 3.63) is 157 Å². The molecule has 0 fully saturated rings. The van der Waals surface area contributed by atoms with Crippen molar-refractivity contribution in [2.75, 3.05) is 0 Å². The predicted molar refractivity (Wildman–Crippen MR) is 191 cm³/mol. The van der Waals surface area contributed by atoms with Crippen LogP contribution >= 0.6 is 0 Å². The molecule has 48 heavy (non-hydrogen) atoms. The number of fused-ring (bicyclic) bond motifs is 7. The SMILES string of the molecule is N#Cc1ccc(-c2cccc(-c3ccc(C#N)nc3)c2-n2c3ccccc3c3c2ccc2c4ccccc4n(-c4ccccc4)c23)cn1. The van der Waals surface area contributed by atoms with Crippen molar-refractivity contribution in [1.29, 1.82) is 10.5 Å². The van der Waals surface area contributed by atoms with Gasteiger partial charge in [-0.1, -0.05) is 78.9 Å². The molecule has 0 amide bonds. The second-order valence-electron chi connectivity index (χ2n) is 11.7. The van der Waals surface area contributed by atoms with Crippen LogP contribution in [0.3, 0.4) is 0 Å². The minimum absolute atomic E-state index is 0.362. The summed E-state index contributed by atoms with van der Waals surface area (Å²) in [4.78, 5) is 8.87. The summed E-state index contributed by atoms with van der Waals surface area (Å²) in [5, 5.41) is 23.6. The third-order valence-electron chi connectivity index (χ3n) is 9.12. The molecule has 0 saturated carbocycles. The van der Waals surface area contributed by atoms with E-state index in [0.29, 0.717) is 11.4 Å². The number of pyridine rings is 2. The van der Waals surface area contributed by atoms with E-state index in [4.69, 9.17) is 0 Å². The lowest BCUT2D eigenvalue weighted by atomic mass is 9.96. The molecule has 0 spiro atoms. The lowest BCUT2D eigenvalue weighted by Gasteiger charge is -2.19. The highest BCUT2D eigenvalue weighted by Gasteiger charge is 2.24. The molecule has 9 aromatic rings. The molecule has 0 bridgehead atoms. The van der Waals surface area contributed by atoms with Gasteiger partial charge in [-0.2, -0.15) is 10.5 Å². The van der Waals surface area contributed by atoms with E-state index < -0.39 is 0 Å². The Kier molecular flexibility index (Phi) is 6.15. The molecule has 0 aliphatic heterocycles. The molecular formula is C42H24N6. The van der Waals surface area contributed by atoms with Crippen LogP contribution < -0.4 is 0 Å². The highest BCUT2D eigenvalue weighted by atomic mass is 15.0. The molecule has 0 aliphatic rings. The number of hydrogen-bond acceptors (Lipinski definition) is 4. The second kappa shape index (κ2) is 10.8. The van der Waals surface area contributed by atoms with E-state index in [1.807, 2.05) is 24.3 Å². The molecule has 4 heterocycles. The first-order valence-corrected chi connectivity index (χ1v) is 15.6. The van der Waals surface area contributed by atoms with Crippen LogP contribution in [0, 0.1) is 22.7 Å². The lowest BCUT2D eigenvalue weighted by Crippen LogP contribution is -2.01. The van der Waals surface area contributed by atoms with Crippen molar-refractivity contribution in [2.45, 2.75) is 0 Å². The van der Waals surface area contributed by atoms with Gasteiger partial charge in [-0.25, -0.2) is 9.97 Å². The highest BCUT2D eigenvalue weighted by Crippen LogP contribution is 2.45. The van der Waals surface area contributed by atoms with E-state index in [9.17, 15) is 10.5 Å². The zero-order valence-corrected chi connectivity index (χ0v) is 25.5. The fourth-order valence-electron chi connectivity index (χ4n) is 7.08. The summed E-state index contributed by atoms with van der Waals surface area (Å²) in [5.41, 5.74) is 10.9. The number of nitrogens with zero attached hydrogens (tertiary/aromatic N) is 6. The minimum atomic E-state index is 0.362. The molecule has 0 radical (unpaired) electrons. The molecule has 0 unspecified atom stereocenters. The highest BCUT2D eigenvalue weighted by molar-refractivity contribution is 6.26. The third kappa shape index (κ3) is 4.04. The monoisotopic (exact) mass is 612 g/mol. The van der Waals surface area contributed by atoms with Gasteiger partial charge in [0, 0.05) is 61.9 Å². The maximum Gasteiger partial charge on any atom is 0.140 e. The molecule has 5 aromatic carbocycles. The van der Waals surface area contributed by atoms with E-state index in [2.05, 4.69) is 128 Å². The fourth-order valence-corrected chi connectivity index (χ4v) is 7.08. The topological polar surface area (TPSA) is 83.2 Å². The van der Waals surface area contributed by atoms with Crippen LogP contribution in [-0.4, -0.2) is 19.1 Å². The van der Waals surface area contributed by atoms with Crippen molar-refractivity contribution in [2.24, 2.45) is 0 Å². The van der Waals surface area contributed by atoms with Gasteiger partial charge in [-0.05, 0) is 54.6 Å². The van der Waals surface area contributed by atoms with Crippen LogP contribution in [0.4, 0.5) is 0 Å². The lowest BCUT2D eigenvalue weighted by molar-refractivity contribution is 1.17. The molecule has 6 heteroatoms. The van der Waals surface area contributed by atoms with Gasteiger partial charge in [-0.3, -0.25) is 0 Å². The van der Waals surface area contributed by atoms with Crippen LogP contribution in [0.1, 0.15) is 11.4 Å². The van der Waals surface area contributed by atoms with Gasteiger partial charge >= 0.3 is 0 Å². The van der Waals surface area contributed by atoms with E-state index in [-0.39, 0.29) is 0 Å². The third-order valence-corrected chi connectivity index (χ3v) is 9.12. The smallest absolute Gasteiger partial charge is 0.140 e. The number of benzene rings is 5. The van der Waals surface area contributed by atoms with Crippen LogP contribution in [-0.2, 0) is 0 Å². The summed E-state index contributed by atoms with van der Waals surface area (Å²) in [6.07, 6.45) is 3.52. The van der Waals surface area contributed by atoms with Gasteiger partial charge < -0.3 is 9.13 Å². The second-order valence-corrected chi connectivity index (χ2v) is 11.7. The minimum Gasteiger partial charge on any atom is -0.309 e. The van der Waals surface area contributed by atoms with E-state index in [1.54, 1.807) is 24.5 Å². The van der Waals surface area contributed by atoms with Gasteiger partial charge in [0.25, 0.3) is 0 Å². The summed E-state index contributed by atoms with van der Waals surface area (Å²) in [6, 6.07) is 50.1. The molecule has 6 nitrogen and oxygen atoms in total. The first kappa shape index (κ1) is 27.3. The van der Waals surface area contributed by atoms with Crippen molar-refractivity contribution in [3.63, 3.8) is 0 Å². The van der Waals surface area contributed by atoms with E-state index >= 15 is 0 Å². The number of para-hydroxylation sites is 4. The first-order valence-electron chi connectivity index (χ1n) is 15.6. The standard InChI is InChI=1S/C42H24N6/c43-23-29-19-17-27(25-45-29)32-13-8-14-33(28-18-20-30(24-44)46-26-28)41(32)48-38-16-7-5-12-36(38)40-39(48)22-21-35-34-11-4-6-15-37(34)47(42(35)40)31-9-2-1-3-10-31/h1-22,25-26H.